The number of carbonyl (C=O) groups is 2. The Labute approximate surface area is 109 Å². The topological polar surface area (TPSA) is 63.4 Å². The molecule has 0 radical (unpaired) electrons. The van der Waals surface area contributed by atoms with Gasteiger partial charge in [0.25, 0.3) is 11.8 Å². The Hall–Kier alpha value is -1.82. The summed E-state index contributed by atoms with van der Waals surface area (Å²) in [6, 6.07) is 1.04. The normalized spacial score (nSPS) is 16.2. The number of nitrogens with two attached hydrogens (primary N) is 1. The summed E-state index contributed by atoms with van der Waals surface area (Å²) in [4.78, 5) is 25.3. The molecule has 0 saturated heterocycles. The Morgan fingerprint density at radius 2 is 1.53 bits per heavy atom. The van der Waals surface area contributed by atoms with E-state index in [4.69, 9.17) is 5.73 Å². The molecular formula is C13H14F2N2O2. The summed E-state index contributed by atoms with van der Waals surface area (Å²) in [5, 5.41) is 0. The number of nitrogens with zero attached hydrogens (tertiary/aromatic N) is 1. The SMILES string of the molecule is CC(C)C(CN)N1C(=O)c2cc(F)c(F)cc2C1=O. The molecule has 2 N–H and O–H groups in total. The zero-order chi connectivity index (χ0) is 14.3. The van der Waals surface area contributed by atoms with Gasteiger partial charge in [-0.1, -0.05) is 13.8 Å². The van der Waals surface area contributed by atoms with Crippen LogP contribution in [0.3, 0.4) is 0 Å². The van der Waals surface area contributed by atoms with Crippen LogP contribution in [0.25, 0.3) is 0 Å². The molecule has 0 bridgehead atoms. The van der Waals surface area contributed by atoms with Gasteiger partial charge in [-0.2, -0.15) is 0 Å². The standard InChI is InChI=1S/C13H14F2N2O2/c1-6(2)11(5-16)17-12(18)7-3-9(14)10(15)4-8(7)13(17)19/h3-4,6,11H,5,16H2,1-2H3. The van der Waals surface area contributed by atoms with Crippen LogP contribution in [0.4, 0.5) is 8.78 Å². The molecule has 0 aromatic heterocycles. The van der Waals surface area contributed by atoms with Gasteiger partial charge < -0.3 is 5.73 Å². The monoisotopic (exact) mass is 268 g/mol. The number of imide groups is 1. The van der Waals surface area contributed by atoms with Crippen LogP contribution in [0, 0.1) is 17.6 Å². The first kappa shape index (κ1) is 13.6. The summed E-state index contributed by atoms with van der Waals surface area (Å²) in [7, 11) is 0. The van der Waals surface area contributed by atoms with Gasteiger partial charge in [0.05, 0.1) is 17.2 Å². The van der Waals surface area contributed by atoms with E-state index in [1.54, 1.807) is 0 Å². The minimum atomic E-state index is -1.14. The third-order valence-corrected chi connectivity index (χ3v) is 3.30. The van der Waals surface area contributed by atoms with Crippen LogP contribution in [-0.2, 0) is 0 Å². The highest BCUT2D eigenvalue weighted by atomic mass is 19.2. The molecule has 2 rings (SSSR count). The molecule has 1 aromatic rings. The van der Waals surface area contributed by atoms with E-state index in [1.165, 1.54) is 0 Å². The van der Waals surface area contributed by atoms with Crippen molar-refractivity contribution in [2.75, 3.05) is 6.54 Å². The van der Waals surface area contributed by atoms with Gasteiger partial charge in [-0.3, -0.25) is 14.5 Å². The summed E-state index contributed by atoms with van der Waals surface area (Å²) in [6.45, 7) is 3.75. The average molecular weight is 268 g/mol. The van der Waals surface area contributed by atoms with Crippen molar-refractivity contribution >= 4 is 11.8 Å². The molecule has 1 heterocycles. The van der Waals surface area contributed by atoms with E-state index < -0.39 is 29.5 Å². The van der Waals surface area contributed by atoms with Gasteiger partial charge in [0.15, 0.2) is 11.6 Å². The first-order valence-corrected chi connectivity index (χ1v) is 5.95. The highest BCUT2D eigenvalue weighted by molar-refractivity contribution is 6.21. The van der Waals surface area contributed by atoms with Crippen molar-refractivity contribution < 1.29 is 18.4 Å². The van der Waals surface area contributed by atoms with Crippen molar-refractivity contribution in [2.24, 2.45) is 11.7 Å². The maximum absolute atomic E-state index is 13.2. The fraction of sp³-hybridized carbons (Fsp3) is 0.385. The van der Waals surface area contributed by atoms with E-state index in [9.17, 15) is 18.4 Å². The van der Waals surface area contributed by atoms with Crippen molar-refractivity contribution in [2.45, 2.75) is 19.9 Å². The fourth-order valence-corrected chi connectivity index (χ4v) is 2.23. The smallest absolute Gasteiger partial charge is 0.261 e. The fourth-order valence-electron chi connectivity index (χ4n) is 2.23. The molecule has 0 spiro atoms. The number of amides is 2. The van der Waals surface area contributed by atoms with Gasteiger partial charge in [-0.15, -0.1) is 0 Å². The Balaban J connectivity index is 2.50. The Kier molecular flexibility index (Phi) is 3.36. The Morgan fingerprint density at radius 1 is 1.11 bits per heavy atom. The first-order chi connectivity index (χ1) is 8.88. The lowest BCUT2D eigenvalue weighted by Gasteiger charge is -2.28. The van der Waals surface area contributed by atoms with Gasteiger partial charge >= 0.3 is 0 Å². The van der Waals surface area contributed by atoms with Crippen molar-refractivity contribution in [3.8, 4) is 0 Å². The summed E-state index contributed by atoms with van der Waals surface area (Å²) in [5.74, 6) is -3.57. The van der Waals surface area contributed by atoms with Crippen LogP contribution in [0.1, 0.15) is 34.6 Å². The molecule has 102 valence electrons. The van der Waals surface area contributed by atoms with Crippen molar-refractivity contribution in [1.29, 1.82) is 0 Å². The van der Waals surface area contributed by atoms with Crippen LogP contribution in [0.5, 0.6) is 0 Å². The molecule has 19 heavy (non-hydrogen) atoms. The van der Waals surface area contributed by atoms with Gasteiger partial charge in [0, 0.05) is 6.54 Å². The molecule has 1 atom stereocenters. The zero-order valence-electron chi connectivity index (χ0n) is 10.6. The predicted molar refractivity (Wildman–Crippen MR) is 64.5 cm³/mol. The van der Waals surface area contributed by atoms with Crippen molar-refractivity contribution in [3.05, 3.63) is 34.9 Å². The van der Waals surface area contributed by atoms with E-state index in [1.807, 2.05) is 13.8 Å². The number of hydrogen-bond acceptors (Lipinski definition) is 3. The van der Waals surface area contributed by atoms with Crippen molar-refractivity contribution in [3.63, 3.8) is 0 Å². The summed E-state index contributed by atoms with van der Waals surface area (Å²) >= 11 is 0. The minimum absolute atomic E-state index is 0.0399. The number of rotatable bonds is 3. The summed E-state index contributed by atoms with van der Waals surface area (Å²) < 4.78 is 26.3. The van der Waals surface area contributed by atoms with E-state index in [2.05, 4.69) is 0 Å². The second-order valence-electron chi connectivity index (χ2n) is 4.84. The predicted octanol–water partition coefficient (Wildman–Crippen LogP) is 1.54. The zero-order valence-corrected chi connectivity index (χ0v) is 10.6. The van der Waals surface area contributed by atoms with Gasteiger partial charge in [-0.05, 0) is 18.1 Å². The molecule has 0 aliphatic carbocycles. The molecule has 6 heteroatoms. The average Bonchev–Trinajstić information content (AvgIpc) is 2.56. The Morgan fingerprint density at radius 3 is 1.84 bits per heavy atom. The minimum Gasteiger partial charge on any atom is -0.328 e. The van der Waals surface area contributed by atoms with E-state index in [0.29, 0.717) is 0 Å². The number of fused-ring (bicyclic) bond motifs is 1. The second kappa shape index (κ2) is 4.70. The van der Waals surface area contributed by atoms with Crippen LogP contribution in [0.15, 0.2) is 12.1 Å². The number of benzene rings is 1. The first-order valence-electron chi connectivity index (χ1n) is 5.95. The maximum Gasteiger partial charge on any atom is 0.261 e. The van der Waals surface area contributed by atoms with Crippen LogP contribution >= 0.6 is 0 Å². The molecule has 4 nitrogen and oxygen atoms in total. The molecule has 1 unspecified atom stereocenters. The molecular weight excluding hydrogens is 254 g/mol. The summed E-state index contributed by atoms with van der Waals surface area (Å²) in [6.07, 6.45) is 0. The number of hydrogen-bond donors (Lipinski definition) is 1. The second-order valence-corrected chi connectivity index (χ2v) is 4.84. The molecule has 1 aliphatic heterocycles. The largest absolute Gasteiger partial charge is 0.328 e. The number of halogens is 2. The van der Waals surface area contributed by atoms with E-state index in [-0.39, 0.29) is 23.6 Å². The lowest BCUT2D eigenvalue weighted by molar-refractivity contribution is 0.0548. The molecule has 1 aliphatic rings. The third kappa shape index (κ3) is 2.02. The lowest BCUT2D eigenvalue weighted by atomic mass is 10.0. The molecule has 0 saturated carbocycles. The molecule has 0 fully saturated rings. The van der Waals surface area contributed by atoms with Crippen LogP contribution in [0.2, 0.25) is 0 Å². The third-order valence-electron chi connectivity index (χ3n) is 3.30. The van der Waals surface area contributed by atoms with Gasteiger partial charge in [-0.25, -0.2) is 8.78 Å². The lowest BCUT2D eigenvalue weighted by Crippen LogP contribution is -2.47. The summed E-state index contributed by atoms with van der Waals surface area (Å²) in [5.41, 5.74) is 5.36. The highest BCUT2D eigenvalue weighted by Gasteiger charge is 2.41. The molecule has 2 amide bonds. The van der Waals surface area contributed by atoms with Gasteiger partial charge in [0.1, 0.15) is 0 Å². The highest BCUT2D eigenvalue weighted by Crippen LogP contribution is 2.28. The van der Waals surface area contributed by atoms with Gasteiger partial charge in [0.2, 0.25) is 0 Å². The van der Waals surface area contributed by atoms with Crippen molar-refractivity contribution in [1.82, 2.24) is 4.90 Å². The number of carbonyl (C=O) groups excluding carboxylic acids is 2. The maximum atomic E-state index is 13.2. The van der Waals surface area contributed by atoms with Crippen LogP contribution in [-0.4, -0.2) is 29.3 Å². The van der Waals surface area contributed by atoms with Crippen LogP contribution < -0.4 is 5.73 Å². The van der Waals surface area contributed by atoms with E-state index in [0.717, 1.165) is 17.0 Å². The Bertz CT molecular complexity index is 517. The van der Waals surface area contributed by atoms with E-state index >= 15 is 0 Å². The molecule has 1 aromatic carbocycles. The quantitative estimate of drug-likeness (QED) is 0.846.